The second-order valence-corrected chi connectivity index (χ2v) is 4.12. The van der Waals surface area contributed by atoms with Gasteiger partial charge in [-0.1, -0.05) is 18.9 Å². The van der Waals surface area contributed by atoms with E-state index in [4.69, 9.17) is 10.2 Å². The molecule has 1 aromatic rings. The number of amides is 1. The van der Waals surface area contributed by atoms with Gasteiger partial charge in [0.15, 0.2) is 0 Å². The van der Waals surface area contributed by atoms with Crippen LogP contribution in [0.15, 0.2) is 4.42 Å². The van der Waals surface area contributed by atoms with Crippen molar-refractivity contribution in [3.63, 3.8) is 0 Å². The minimum atomic E-state index is -0.805. The normalized spacial score (nSPS) is 10.6. The molecule has 8 nitrogen and oxygen atoms in total. The minimum Gasteiger partial charge on any atom is -0.448 e. The molecule has 0 aromatic carbocycles. The highest BCUT2D eigenvalue weighted by Gasteiger charge is 2.05. The van der Waals surface area contributed by atoms with Gasteiger partial charge >= 0.3 is 12.1 Å². The van der Waals surface area contributed by atoms with Crippen LogP contribution < -0.4 is 16.4 Å². The third-order valence-corrected chi connectivity index (χ3v) is 1.92. The molecule has 0 saturated carbocycles. The molecule has 0 bridgehead atoms. The summed E-state index contributed by atoms with van der Waals surface area (Å²) in [4.78, 5) is 10.3. The first-order valence-electron chi connectivity index (χ1n) is 5.77. The largest absolute Gasteiger partial charge is 0.448 e. The lowest BCUT2D eigenvalue weighted by atomic mass is 10.2. The average Bonchev–Trinajstić information content (AvgIpc) is 2.72. The molecule has 0 spiro atoms. The van der Waals surface area contributed by atoms with Gasteiger partial charge in [0, 0.05) is 0 Å². The van der Waals surface area contributed by atoms with E-state index in [1.807, 2.05) is 0 Å². The van der Waals surface area contributed by atoms with Gasteiger partial charge in [0.1, 0.15) is 6.61 Å². The summed E-state index contributed by atoms with van der Waals surface area (Å²) in [5.74, 6) is 1.07. The number of nitrogens with zero attached hydrogens (tertiary/aromatic N) is 2. The van der Waals surface area contributed by atoms with Crippen molar-refractivity contribution in [3.8, 4) is 0 Å². The maximum Gasteiger partial charge on any atom is 0.404 e. The van der Waals surface area contributed by atoms with Gasteiger partial charge in [-0.05, 0) is 12.5 Å². The van der Waals surface area contributed by atoms with Crippen LogP contribution in [0.2, 0.25) is 0 Å². The first kappa shape index (κ1) is 14.2. The van der Waals surface area contributed by atoms with Crippen molar-refractivity contribution in [1.29, 1.82) is 0 Å². The van der Waals surface area contributed by atoms with Crippen LogP contribution in [-0.2, 0) is 11.3 Å². The molecule has 102 valence electrons. The Labute approximate surface area is 105 Å². The Bertz CT molecular complexity index is 366. The number of aromatic nitrogens is 2. The zero-order valence-electron chi connectivity index (χ0n) is 10.6. The summed E-state index contributed by atoms with van der Waals surface area (Å²) in [6.07, 6.45) is -0.805. The molecule has 8 heteroatoms. The summed E-state index contributed by atoms with van der Waals surface area (Å²) in [5.41, 5.74) is 4.81. The number of ether oxygens (including phenoxy) is 1. The van der Waals surface area contributed by atoms with Crippen molar-refractivity contribution in [2.45, 2.75) is 20.4 Å². The van der Waals surface area contributed by atoms with E-state index in [2.05, 4.69) is 39.4 Å². The van der Waals surface area contributed by atoms with Crippen molar-refractivity contribution in [1.82, 2.24) is 15.5 Å². The first-order valence-corrected chi connectivity index (χ1v) is 5.77. The van der Waals surface area contributed by atoms with Crippen LogP contribution in [0.5, 0.6) is 0 Å². The molecular formula is C10H19N5O3. The average molecular weight is 257 g/mol. The molecular weight excluding hydrogens is 238 g/mol. The Kier molecular flexibility index (Phi) is 5.92. The molecule has 0 fully saturated rings. The van der Waals surface area contributed by atoms with Gasteiger partial charge in [0.2, 0.25) is 5.89 Å². The lowest BCUT2D eigenvalue weighted by Crippen LogP contribution is -2.19. The predicted molar refractivity (Wildman–Crippen MR) is 64.9 cm³/mol. The van der Waals surface area contributed by atoms with Crippen molar-refractivity contribution < 1.29 is 13.9 Å². The van der Waals surface area contributed by atoms with E-state index in [9.17, 15) is 4.79 Å². The maximum atomic E-state index is 10.3. The van der Waals surface area contributed by atoms with E-state index in [0.29, 0.717) is 30.9 Å². The summed E-state index contributed by atoms with van der Waals surface area (Å²) in [5, 5.41) is 13.6. The molecule has 1 amide bonds. The molecule has 0 aliphatic carbocycles. The fraction of sp³-hybridized carbons (Fsp3) is 0.700. The van der Waals surface area contributed by atoms with E-state index < -0.39 is 6.09 Å². The van der Waals surface area contributed by atoms with E-state index in [1.54, 1.807) is 0 Å². The number of anilines is 1. The highest BCUT2D eigenvalue weighted by molar-refractivity contribution is 5.64. The van der Waals surface area contributed by atoms with Gasteiger partial charge in [-0.2, -0.15) is 0 Å². The van der Waals surface area contributed by atoms with E-state index >= 15 is 0 Å². The number of carbonyl (C=O) groups is 1. The number of carbonyl (C=O) groups excluding carboxylic acids is 1. The second-order valence-electron chi connectivity index (χ2n) is 4.12. The lowest BCUT2D eigenvalue weighted by molar-refractivity contribution is 0.161. The van der Waals surface area contributed by atoms with Crippen molar-refractivity contribution >= 4 is 12.1 Å². The van der Waals surface area contributed by atoms with Gasteiger partial charge in [-0.3, -0.25) is 0 Å². The Morgan fingerprint density at radius 3 is 2.94 bits per heavy atom. The van der Waals surface area contributed by atoms with Crippen LogP contribution in [0, 0.1) is 5.92 Å². The monoisotopic (exact) mass is 257 g/mol. The van der Waals surface area contributed by atoms with Crippen LogP contribution in [0.25, 0.3) is 0 Å². The molecule has 0 saturated heterocycles. The zero-order chi connectivity index (χ0) is 13.4. The topological polar surface area (TPSA) is 115 Å². The summed E-state index contributed by atoms with van der Waals surface area (Å²) in [6.45, 7) is 6.17. The van der Waals surface area contributed by atoms with Crippen molar-refractivity contribution in [3.05, 3.63) is 5.89 Å². The second kappa shape index (κ2) is 7.49. The molecule has 0 unspecified atom stereocenters. The van der Waals surface area contributed by atoms with E-state index in [-0.39, 0.29) is 6.61 Å². The van der Waals surface area contributed by atoms with Crippen LogP contribution in [0.1, 0.15) is 19.7 Å². The van der Waals surface area contributed by atoms with Gasteiger partial charge in [0.25, 0.3) is 0 Å². The summed E-state index contributed by atoms with van der Waals surface area (Å²) < 4.78 is 9.84. The van der Waals surface area contributed by atoms with Crippen LogP contribution in [-0.4, -0.2) is 36.0 Å². The Morgan fingerprint density at radius 1 is 1.50 bits per heavy atom. The standard InChI is InChI=1S/C10H19N5O3/c1-7(2)5-12-6-8-14-15-10(18-8)13-3-4-17-9(11)16/h7,12H,3-6H2,1-2H3,(H2,11,16)(H,13,15). The predicted octanol–water partition coefficient (Wildman–Crippen LogP) is 0.322. The minimum absolute atomic E-state index is 0.151. The van der Waals surface area contributed by atoms with E-state index in [0.717, 1.165) is 6.54 Å². The number of nitrogens with two attached hydrogens (primary N) is 1. The van der Waals surface area contributed by atoms with Gasteiger partial charge in [-0.15, -0.1) is 5.10 Å². The summed E-state index contributed by atoms with van der Waals surface area (Å²) in [7, 11) is 0. The number of nitrogens with one attached hydrogen (secondary N) is 2. The fourth-order valence-electron chi connectivity index (χ4n) is 1.17. The molecule has 0 radical (unpaired) electrons. The fourth-order valence-corrected chi connectivity index (χ4v) is 1.17. The third kappa shape index (κ3) is 6.04. The highest BCUT2D eigenvalue weighted by atomic mass is 16.5. The lowest BCUT2D eigenvalue weighted by Gasteiger charge is -2.04. The smallest absolute Gasteiger partial charge is 0.404 e. The first-order chi connectivity index (χ1) is 8.58. The van der Waals surface area contributed by atoms with Crippen LogP contribution >= 0.6 is 0 Å². The van der Waals surface area contributed by atoms with E-state index in [1.165, 1.54) is 0 Å². The number of hydrogen-bond acceptors (Lipinski definition) is 7. The molecule has 0 atom stereocenters. The summed E-state index contributed by atoms with van der Waals surface area (Å²) in [6, 6.07) is 0.296. The molecule has 1 heterocycles. The maximum absolute atomic E-state index is 10.3. The number of primary amides is 1. The van der Waals surface area contributed by atoms with Crippen molar-refractivity contribution in [2.24, 2.45) is 11.7 Å². The SMILES string of the molecule is CC(C)CNCc1nnc(NCCOC(N)=O)o1. The molecule has 0 aliphatic rings. The van der Waals surface area contributed by atoms with Crippen LogP contribution in [0.4, 0.5) is 10.8 Å². The third-order valence-electron chi connectivity index (χ3n) is 1.92. The highest BCUT2D eigenvalue weighted by Crippen LogP contribution is 2.04. The zero-order valence-corrected chi connectivity index (χ0v) is 10.6. The number of rotatable bonds is 8. The van der Waals surface area contributed by atoms with Crippen molar-refractivity contribution in [2.75, 3.05) is 25.0 Å². The Hall–Kier alpha value is -1.83. The Balaban J connectivity index is 2.19. The Morgan fingerprint density at radius 2 is 2.28 bits per heavy atom. The number of hydrogen-bond donors (Lipinski definition) is 3. The summed E-state index contributed by atoms with van der Waals surface area (Å²) >= 11 is 0. The quantitative estimate of drug-likeness (QED) is 0.574. The van der Waals surface area contributed by atoms with Gasteiger partial charge in [0.05, 0.1) is 13.1 Å². The molecule has 4 N–H and O–H groups in total. The molecule has 0 aliphatic heterocycles. The van der Waals surface area contributed by atoms with Crippen LogP contribution in [0.3, 0.4) is 0 Å². The molecule has 1 rings (SSSR count). The molecule has 1 aromatic heterocycles. The van der Waals surface area contributed by atoms with Gasteiger partial charge < -0.3 is 25.5 Å². The van der Waals surface area contributed by atoms with Gasteiger partial charge in [-0.25, -0.2) is 4.79 Å². The molecule has 18 heavy (non-hydrogen) atoms.